The van der Waals surface area contributed by atoms with Crippen molar-refractivity contribution in [1.29, 1.82) is 0 Å². The minimum absolute atomic E-state index is 0. The van der Waals surface area contributed by atoms with Crippen LogP contribution in [0.4, 0.5) is 0 Å². The van der Waals surface area contributed by atoms with Gasteiger partial charge in [0, 0.05) is 25.6 Å². The maximum Gasteiger partial charge on any atom is 0.323 e. The van der Waals surface area contributed by atoms with Gasteiger partial charge in [0.25, 0.3) is 0 Å². The molecule has 2 heterocycles. The van der Waals surface area contributed by atoms with E-state index in [4.69, 9.17) is 5.73 Å². The molecule has 0 spiro atoms. The third-order valence-corrected chi connectivity index (χ3v) is 4.25. The lowest BCUT2D eigenvalue weighted by atomic mass is 10.0. The number of aromatic nitrogens is 2. The summed E-state index contributed by atoms with van der Waals surface area (Å²) >= 11 is 0. The summed E-state index contributed by atoms with van der Waals surface area (Å²) in [5.74, 6) is 0.200. The molecule has 1 unspecified atom stereocenters. The van der Waals surface area contributed by atoms with Crippen molar-refractivity contribution < 1.29 is 4.79 Å². The van der Waals surface area contributed by atoms with Crippen molar-refractivity contribution >= 4 is 29.3 Å². The minimum atomic E-state index is -0.191. The summed E-state index contributed by atoms with van der Waals surface area (Å²) in [5, 5.41) is 0. The smallest absolute Gasteiger partial charge is 0.323 e. The summed E-state index contributed by atoms with van der Waals surface area (Å²) in [6.45, 7) is 1.53. The molecule has 1 amide bonds. The zero-order valence-electron chi connectivity index (χ0n) is 13.0. The highest BCUT2D eigenvalue weighted by atomic mass is 35.5. The summed E-state index contributed by atoms with van der Waals surface area (Å²) in [5.41, 5.74) is 8.48. The first-order valence-corrected chi connectivity index (χ1v) is 7.86. The van der Waals surface area contributed by atoms with Crippen molar-refractivity contribution in [2.75, 3.05) is 13.1 Å². The van der Waals surface area contributed by atoms with Crippen LogP contribution in [0.1, 0.15) is 31.2 Å². The number of nitrogens with one attached hydrogen (secondary N) is 2. The highest BCUT2D eigenvalue weighted by Crippen LogP contribution is 2.14. The van der Waals surface area contributed by atoms with E-state index in [1.54, 1.807) is 0 Å². The first-order valence-electron chi connectivity index (χ1n) is 7.86. The largest absolute Gasteiger partial charge is 0.341 e. The topological polar surface area (TPSA) is 95.0 Å². The van der Waals surface area contributed by atoms with E-state index >= 15 is 0 Å². The Balaban J connectivity index is 0.00000192. The zero-order chi connectivity index (χ0) is 15.5. The van der Waals surface area contributed by atoms with E-state index in [1.807, 2.05) is 23.1 Å². The molecule has 126 valence electrons. The van der Waals surface area contributed by atoms with Gasteiger partial charge in [0.1, 0.15) is 0 Å². The first kappa shape index (κ1) is 17.6. The van der Waals surface area contributed by atoms with Gasteiger partial charge in [-0.2, -0.15) is 0 Å². The number of nitrogens with zero attached hydrogens (tertiary/aromatic N) is 1. The monoisotopic (exact) mass is 338 g/mol. The van der Waals surface area contributed by atoms with Gasteiger partial charge in [0.2, 0.25) is 5.91 Å². The molecule has 23 heavy (non-hydrogen) atoms. The molecule has 1 fully saturated rings. The number of hydrogen-bond donors (Lipinski definition) is 3. The van der Waals surface area contributed by atoms with Crippen molar-refractivity contribution in [3.63, 3.8) is 0 Å². The number of rotatable bonds is 4. The number of amides is 1. The van der Waals surface area contributed by atoms with E-state index in [0.717, 1.165) is 48.8 Å². The standard InChI is InChI=1S/C16H22N4O2.ClH/c17-12-4-2-8-20(10-12)15(21)5-1-3-11-6-7-13-14(9-11)19-16(22)18-13;/h6-7,9,12H,1-5,8,10,17H2,(H2,18,19,22);1H. The number of fused-ring (bicyclic) bond motifs is 1. The highest BCUT2D eigenvalue weighted by molar-refractivity contribution is 5.85. The van der Waals surface area contributed by atoms with E-state index in [1.165, 1.54) is 0 Å². The molecule has 2 aromatic rings. The Morgan fingerprint density at radius 1 is 1.30 bits per heavy atom. The molecule has 0 aliphatic carbocycles. The average Bonchev–Trinajstić information content (AvgIpc) is 2.86. The minimum Gasteiger partial charge on any atom is -0.341 e. The van der Waals surface area contributed by atoms with Crippen molar-refractivity contribution in [1.82, 2.24) is 14.9 Å². The number of imidazole rings is 1. The molecule has 4 N–H and O–H groups in total. The molecule has 7 heteroatoms. The van der Waals surface area contributed by atoms with Gasteiger partial charge in [-0.3, -0.25) is 4.79 Å². The second kappa shape index (κ2) is 7.66. The summed E-state index contributed by atoms with van der Waals surface area (Å²) < 4.78 is 0. The van der Waals surface area contributed by atoms with E-state index in [2.05, 4.69) is 9.97 Å². The Labute approximate surface area is 140 Å². The number of likely N-dealkylation sites (tertiary alicyclic amines) is 1. The fraction of sp³-hybridized carbons (Fsp3) is 0.500. The van der Waals surface area contributed by atoms with Gasteiger partial charge in [-0.1, -0.05) is 6.07 Å². The maximum atomic E-state index is 12.2. The van der Waals surface area contributed by atoms with Crippen LogP contribution in [0.15, 0.2) is 23.0 Å². The molecule has 0 bridgehead atoms. The average molecular weight is 339 g/mol. The van der Waals surface area contributed by atoms with Crippen LogP contribution in [-0.2, 0) is 11.2 Å². The predicted molar refractivity (Wildman–Crippen MR) is 92.9 cm³/mol. The Morgan fingerprint density at radius 2 is 2.09 bits per heavy atom. The molecule has 1 aliphatic heterocycles. The number of halogens is 1. The Morgan fingerprint density at radius 3 is 2.87 bits per heavy atom. The molecule has 0 radical (unpaired) electrons. The number of aryl methyl sites for hydroxylation is 1. The number of carbonyl (C=O) groups is 1. The van der Waals surface area contributed by atoms with Gasteiger partial charge in [0.15, 0.2) is 0 Å². The number of piperidine rings is 1. The number of nitrogens with two attached hydrogens (primary N) is 1. The second-order valence-electron chi connectivity index (χ2n) is 6.05. The molecule has 3 rings (SSSR count). The van der Waals surface area contributed by atoms with Crippen LogP contribution in [0.5, 0.6) is 0 Å². The molecule has 1 saturated heterocycles. The maximum absolute atomic E-state index is 12.2. The number of benzene rings is 1. The quantitative estimate of drug-likeness (QED) is 0.789. The zero-order valence-corrected chi connectivity index (χ0v) is 13.8. The van der Waals surface area contributed by atoms with Crippen LogP contribution in [0.25, 0.3) is 11.0 Å². The van der Waals surface area contributed by atoms with E-state index < -0.39 is 0 Å². The van der Waals surface area contributed by atoms with Gasteiger partial charge in [-0.15, -0.1) is 12.4 Å². The molecule has 6 nitrogen and oxygen atoms in total. The van der Waals surface area contributed by atoms with Crippen LogP contribution >= 0.6 is 12.4 Å². The van der Waals surface area contributed by atoms with E-state index in [-0.39, 0.29) is 30.0 Å². The lowest BCUT2D eigenvalue weighted by molar-refractivity contribution is -0.132. The molecule has 1 aromatic carbocycles. The SMILES string of the molecule is Cl.NC1CCCN(C(=O)CCCc2ccc3[nH]c(=O)[nH]c3c2)C1. The Kier molecular flexibility index (Phi) is 5.85. The summed E-state index contributed by atoms with van der Waals surface area (Å²) in [7, 11) is 0. The summed E-state index contributed by atoms with van der Waals surface area (Å²) in [4.78, 5) is 30.8. The number of carbonyl (C=O) groups excluding carboxylic acids is 1. The molecule has 1 aliphatic rings. The van der Waals surface area contributed by atoms with Crippen molar-refractivity contribution in [3.05, 3.63) is 34.2 Å². The van der Waals surface area contributed by atoms with Gasteiger partial charge < -0.3 is 20.6 Å². The number of aromatic amines is 2. The first-order chi connectivity index (χ1) is 10.6. The highest BCUT2D eigenvalue weighted by Gasteiger charge is 2.20. The Hall–Kier alpha value is -1.79. The Bertz CT molecular complexity index is 724. The van der Waals surface area contributed by atoms with Crippen LogP contribution in [0, 0.1) is 0 Å². The number of hydrogen-bond acceptors (Lipinski definition) is 3. The predicted octanol–water partition coefficient (Wildman–Crippen LogP) is 1.55. The fourth-order valence-corrected chi connectivity index (χ4v) is 3.07. The van der Waals surface area contributed by atoms with Gasteiger partial charge >= 0.3 is 5.69 Å². The van der Waals surface area contributed by atoms with Gasteiger partial charge in [-0.25, -0.2) is 4.79 Å². The lowest BCUT2D eigenvalue weighted by Crippen LogP contribution is -2.45. The lowest BCUT2D eigenvalue weighted by Gasteiger charge is -2.30. The summed E-state index contributed by atoms with van der Waals surface area (Å²) in [6.07, 6.45) is 4.21. The van der Waals surface area contributed by atoms with Crippen LogP contribution < -0.4 is 11.4 Å². The summed E-state index contributed by atoms with van der Waals surface area (Å²) in [6, 6.07) is 5.99. The second-order valence-corrected chi connectivity index (χ2v) is 6.05. The van der Waals surface area contributed by atoms with Crippen LogP contribution in [0.3, 0.4) is 0 Å². The van der Waals surface area contributed by atoms with E-state index in [0.29, 0.717) is 13.0 Å². The van der Waals surface area contributed by atoms with Crippen molar-refractivity contribution in [2.45, 2.75) is 38.1 Å². The molecular formula is C16H23ClN4O2. The van der Waals surface area contributed by atoms with Crippen molar-refractivity contribution in [3.8, 4) is 0 Å². The van der Waals surface area contributed by atoms with Crippen LogP contribution in [0.2, 0.25) is 0 Å². The normalized spacial score (nSPS) is 18.0. The molecular weight excluding hydrogens is 316 g/mol. The van der Waals surface area contributed by atoms with Crippen molar-refractivity contribution in [2.24, 2.45) is 5.73 Å². The molecule has 0 saturated carbocycles. The van der Waals surface area contributed by atoms with Gasteiger partial charge in [0.05, 0.1) is 11.0 Å². The third-order valence-electron chi connectivity index (χ3n) is 4.25. The molecule has 1 aromatic heterocycles. The third kappa shape index (κ3) is 4.36. The molecule has 1 atom stereocenters. The number of H-pyrrole nitrogens is 2. The van der Waals surface area contributed by atoms with E-state index in [9.17, 15) is 9.59 Å². The fourth-order valence-electron chi connectivity index (χ4n) is 3.07. The van der Waals surface area contributed by atoms with Gasteiger partial charge in [-0.05, 0) is 43.4 Å². The van der Waals surface area contributed by atoms with Crippen LogP contribution in [-0.4, -0.2) is 39.9 Å².